The van der Waals surface area contributed by atoms with Crippen LogP contribution in [0, 0.1) is 5.92 Å². The minimum Gasteiger partial charge on any atom is -0.330 e. The second-order valence-electron chi connectivity index (χ2n) is 4.91. The number of rotatable bonds is 0. The van der Waals surface area contributed by atoms with Gasteiger partial charge in [-0.15, -0.1) is 0 Å². The van der Waals surface area contributed by atoms with Crippen molar-refractivity contribution >= 4 is 0 Å². The molecular formula is C11H14F3N3. The van der Waals surface area contributed by atoms with Gasteiger partial charge in [0.25, 0.3) is 0 Å². The Morgan fingerprint density at radius 1 is 1.29 bits per heavy atom. The number of aromatic nitrogens is 2. The van der Waals surface area contributed by atoms with Crippen LogP contribution in [0.2, 0.25) is 0 Å². The van der Waals surface area contributed by atoms with Gasteiger partial charge in [-0.25, -0.2) is 4.98 Å². The van der Waals surface area contributed by atoms with Crippen LogP contribution in [-0.2, 0) is 19.4 Å². The van der Waals surface area contributed by atoms with E-state index in [-0.39, 0.29) is 13.0 Å². The van der Waals surface area contributed by atoms with Crippen molar-refractivity contribution in [2.75, 3.05) is 0 Å². The molecule has 0 spiro atoms. The van der Waals surface area contributed by atoms with Crippen LogP contribution in [0.4, 0.5) is 13.2 Å². The van der Waals surface area contributed by atoms with Gasteiger partial charge in [-0.05, 0) is 25.7 Å². The van der Waals surface area contributed by atoms with Crippen LogP contribution >= 0.6 is 0 Å². The summed E-state index contributed by atoms with van der Waals surface area (Å²) in [4.78, 5) is 4.40. The molecule has 1 aromatic heterocycles. The molecule has 3 rings (SSSR count). The summed E-state index contributed by atoms with van der Waals surface area (Å²) in [5.74, 6) is -0.681. The van der Waals surface area contributed by atoms with Gasteiger partial charge >= 0.3 is 6.18 Å². The molecule has 6 heteroatoms. The maximum Gasteiger partial charge on any atom is 0.393 e. The minimum absolute atomic E-state index is 0.00509. The zero-order valence-electron chi connectivity index (χ0n) is 9.30. The van der Waals surface area contributed by atoms with Crippen molar-refractivity contribution < 1.29 is 13.2 Å². The molecule has 17 heavy (non-hydrogen) atoms. The van der Waals surface area contributed by atoms with E-state index in [2.05, 4.69) is 4.98 Å². The molecule has 0 saturated carbocycles. The SMILES string of the molecule is NC1CC(C(F)(F)F)Cn2c1nc1c2CCC1. The molecule has 1 aliphatic carbocycles. The van der Waals surface area contributed by atoms with E-state index in [1.54, 1.807) is 4.57 Å². The molecule has 1 aromatic rings. The van der Waals surface area contributed by atoms with Gasteiger partial charge in [0.05, 0.1) is 17.7 Å². The van der Waals surface area contributed by atoms with Gasteiger partial charge < -0.3 is 10.3 Å². The van der Waals surface area contributed by atoms with Crippen molar-refractivity contribution in [1.82, 2.24) is 9.55 Å². The number of imidazole rings is 1. The van der Waals surface area contributed by atoms with Crippen molar-refractivity contribution in [2.45, 2.75) is 44.4 Å². The lowest BCUT2D eigenvalue weighted by molar-refractivity contribution is -0.184. The van der Waals surface area contributed by atoms with E-state index in [9.17, 15) is 13.2 Å². The Morgan fingerprint density at radius 2 is 2.06 bits per heavy atom. The Bertz CT molecular complexity index is 450. The standard InChI is InChI=1S/C11H14F3N3/c12-11(13,14)6-4-7(15)10-16-8-2-1-3-9(8)17(10)5-6/h6-7H,1-5,15H2. The number of hydrogen-bond acceptors (Lipinski definition) is 2. The highest BCUT2D eigenvalue weighted by atomic mass is 19.4. The molecule has 0 amide bonds. The number of halogens is 3. The molecule has 2 aliphatic rings. The second-order valence-corrected chi connectivity index (χ2v) is 4.91. The maximum atomic E-state index is 12.8. The highest BCUT2D eigenvalue weighted by Crippen LogP contribution is 2.39. The molecule has 3 nitrogen and oxygen atoms in total. The van der Waals surface area contributed by atoms with Crippen molar-refractivity contribution in [2.24, 2.45) is 11.7 Å². The Kier molecular flexibility index (Phi) is 2.26. The molecule has 0 saturated heterocycles. The molecule has 2 heterocycles. The monoisotopic (exact) mass is 245 g/mol. The fourth-order valence-corrected chi connectivity index (χ4v) is 2.89. The van der Waals surface area contributed by atoms with Crippen molar-refractivity contribution in [3.63, 3.8) is 0 Å². The van der Waals surface area contributed by atoms with Crippen molar-refractivity contribution in [3.05, 3.63) is 17.2 Å². The van der Waals surface area contributed by atoms with Crippen LogP contribution in [0.5, 0.6) is 0 Å². The van der Waals surface area contributed by atoms with E-state index in [0.717, 1.165) is 30.7 Å². The van der Waals surface area contributed by atoms with Gasteiger partial charge in [-0.3, -0.25) is 0 Å². The first-order chi connectivity index (χ1) is 7.97. The predicted octanol–water partition coefficient (Wildman–Crippen LogP) is 1.95. The topological polar surface area (TPSA) is 43.8 Å². The van der Waals surface area contributed by atoms with Crippen LogP contribution < -0.4 is 5.73 Å². The Hall–Kier alpha value is -1.04. The van der Waals surface area contributed by atoms with Gasteiger partial charge in [-0.1, -0.05) is 0 Å². The summed E-state index contributed by atoms with van der Waals surface area (Å²) in [6.45, 7) is -0.00509. The summed E-state index contributed by atoms with van der Waals surface area (Å²) in [5.41, 5.74) is 7.74. The molecule has 0 bridgehead atoms. The van der Waals surface area contributed by atoms with E-state index in [1.165, 1.54) is 0 Å². The van der Waals surface area contributed by atoms with Crippen LogP contribution in [0.1, 0.15) is 36.1 Å². The van der Waals surface area contributed by atoms with Crippen LogP contribution in [0.15, 0.2) is 0 Å². The third kappa shape index (κ3) is 1.66. The number of hydrogen-bond donors (Lipinski definition) is 1. The second kappa shape index (κ2) is 3.48. The highest BCUT2D eigenvalue weighted by molar-refractivity contribution is 5.25. The maximum absolute atomic E-state index is 12.8. The third-order valence-corrected chi connectivity index (χ3v) is 3.75. The summed E-state index contributed by atoms with van der Waals surface area (Å²) in [6, 6.07) is -0.582. The summed E-state index contributed by atoms with van der Waals surface area (Å²) in [7, 11) is 0. The first-order valence-corrected chi connectivity index (χ1v) is 5.87. The Labute approximate surface area is 96.8 Å². The van der Waals surface area contributed by atoms with Gasteiger partial charge in [0, 0.05) is 12.2 Å². The number of fused-ring (bicyclic) bond motifs is 3. The molecule has 0 aromatic carbocycles. The van der Waals surface area contributed by atoms with Crippen LogP contribution in [-0.4, -0.2) is 15.7 Å². The Balaban J connectivity index is 1.99. The van der Waals surface area contributed by atoms with Crippen molar-refractivity contribution in [3.8, 4) is 0 Å². The summed E-state index contributed by atoms with van der Waals surface area (Å²) >= 11 is 0. The van der Waals surface area contributed by atoms with Crippen LogP contribution in [0.3, 0.4) is 0 Å². The average Bonchev–Trinajstić information content (AvgIpc) is 2.76. The Morgan fingerprint density at radius 3 is 2.76 bits per heavy atom. The smallest absolute Gasteiger partial charge is 0.330 e. The van der Waals surface area contributed by atoms with Gasteiger partial charge in [-0.2, -0.15) is 13.2 Å². The minimum atomic E-state index is -4.16. The summed E-state index contributed by atoms with van der Waals surface area (Å²) in [6.07, 6.45) is -1.51. The lowest BCUT2D eigenvalue weighted by Gasteiger charge is -2.30. The number of nitrogens with zero attached hydrogens (tertiary/aromatic N) is 2. The van der Waals surface area contributed by atoms with E-state index in [1.807, 2.05) is 0 Å². The first kappa shape index (κ1) is 11.1. The van der Waals surface area contributed by atoms with E-state index < -0.39 is 18.1 Å². The fraction of sp³-hybridized carbons (Fsp3) is 0.727. The molecule has 0 radical (unpaired) electrons. The molecular weight excluding hydrogens is 231 g/mol. The molecule has 2 unspecified atom stereocenters. The summed E-state index contributed by atoms with van der Waals surface area (Å²) in [5, 5.41) is 0. The lowest BCUT2D eigenvalue weighted by atomic mass is 9.95. The van der Waals surface area contributed by atoms with Gasteiger partial charge in [0.2, 0.25) is 0 Å². The first-order valence-electron chi connectivity index (χ1n) is 5.87. The van der Waals surface area contributed by atoms with Crippen LogP contribution in [0.25, 0.3) is 0 Å². The van der Waals surface area contributed by atoms with Gasteiger partial charge in [0.15, 0.2) is 0 Å². The van der Waals surface area contributed by atoms with E-state index in [0.29, 0.717) is 5.82 Å². The van der Waals surface area contributed by atoms with Crippen molar-refractivity contribution in [1.29, 1.82) is 0 Å². The largest absolute Gasteiger partial charge is 0.393 e. The number of nitrogens with two attached hydrogens (primary N) is 1. The number of aryl methyl sites for hydroxylation is 1. The fourth-order valence-electron chi connectivity index (χ4n) is 2.89. The zero-order chi connectivity index (χ0) is 12.2. The lowest BCUT2D eigenvalue weighted by Crippen LogP contribution is -2.37. The molecule has 2 N–H and O–H groups in total. The molecule has 94 valence electrons. The average molecular weight is 245 g/mol. The van der Waals surface area contributed by atoms with E-state index >= 15 is 0 Å². The highest BCUT2D eigenvalue weighted by Gasteiger charge is 2.45. The third-order valence-electron chi connectivity index (χ3n) is 3.75. The van der Waals surface area contributed by atoms with E-state index in [4.69, 9.17) is 5.73 Å². The summed E-state index contributed by atoms with van der Waals surface area (Å²) < 4.78 is 40.0. The molecule has 2 atom stereocenters. The zero-order valence-corrected chi connectivity index (χ0v) is 9.30. The normalized spacial score (nSPS) is 28.0. The molecule has 0 fully saturated rings. The number of alkyl halides is 3. The predicted molar refractivity (Wildman–Crippen MR) is 55.3 cm³/mol. The molecule has 1 aliphatic heterocycles. The van der Waals surface area contributed by atoms with Gasteiger partial charge in [0.1, 0.15) is 5.82 Å². The quantitative estimate of drug-likeness (QED) is 0.759.